The molecule has 4 nitrogen and oxygen atoms in total. The van der Waals surface area contributed by atoms with Gasteiger partial charge in [0.15, 0.2) is 0 Å². The molecule has 0 amide bonds. The highest BCUT2D eigenvalue weighted by molar-refractivity contribution is 6.30. The van der Waals surface area contributed by atoms with E-state index in [1.54, 1.807) is 16.9 Å². The van der Waals surface area contributed by atoms with Gasteiger partial charge in [-0.05, 0) is 24.6 Å². The molecule has 0 spiro atoms. The molecule has 1 aromatic carbocycles. The Morgan fingerprint density at radius 2 is 2.15 bits per heavy atom. The lowest BCUT2D eigenvalue weighted by Crippen LogP contribution is -2.31. The highest BCUT2D eigenvalue weighted by Gasteiger charge is 2.22. The van der Waals surface area contributed by atoms with Crippen LogP contribution in [0.1, 0.15) is 30.6 Å². The highest BCUT2D eigenvalue weighted by atomic mass is 35.5. The zero-order chi connectivity index (χ0) is 14.7. The van der Waals surface area contributed by atoms with E-state index >= 15 is 0 Å². The maximum atomic E-state index is 14.0. The van der Waals surface area contributed by atoms with Crippen LogP contribution in [-0.2, 0) is 6.54 Å². The number of aryl methyl sites for hydroxylation is 1. The van der Waals surface area contributed by atoms with Crippen molar-refractivity contribution in [1.29, 1.82) is 0 Å². The van der Waals surface area contributed by atoms with Crippen LogP contribution in [0.4, 0.5) is 8.78 Å². The molecule has 0 radical (unpaired) electrons. The summed E-state index contributed by atoms with van der Waals surface area (Å²) in [4.78, 5) is 0. The maximum Gasteiger partial charge on any atom is 0.142 e. The molecule has 0 fully saturated rings. The molecule has 2 aromatic rings. The number of aromatic nitrogens is 2. The van der Waals surface area contributed by atoms with Gasteiger partial charge in [0.25, 0.3) is 0 Å². The Morgan fingerprint density at radius 3 is 2.80 bits per heavy atom. The minimum absolute atomic E-state index is 0.0900. The predicted octanol–water partition coefficient (Wildman–Crippen LogP) is 2.78. The largest absolute Gasteiger partial charge is 0.271 e. The van der Waals surface area contributed by atoms with Crippen LogP contribution in [0.3, 0.4) is 0 Å². The molecule has 2 rings (SSSR count). The van der Waals surface area contributed by atoms with Crippen LogP contribution in [-0.4, -0.2) is 9.78 Å². The Bertz CT molecular complexity index is 600. The molecule has 1 atom stereocenters. The Balaban J connectivity index is 2.47. The van der Waals surface area contributed by atoms with Crippen molar-refractivity contribution in [2.75, 3.05) is 0 Å². The van der Waals surface area contributed by atoms with Crippen molar-refractivity contribution in [3.05, 3.63) is 52.3 Å². The molecule has 1 unspecified atom stereocenters. The van der Waals surface area contributed by atoms with Crippen LogP contribution in [0, 0.1) is 11.6 Å². The van der Waals surface area contributed by atoms with Crippen LogP contribution < -0.4 is 11.3 Å². The van der Waals surface area contributed by atoms with E-state index in [0.29, 0.717) is 12.2 Å². The second kappa shape index (κ2) is 6.30. The average molecular weight is 301 g/mol. The summed E-state index contributed by atoms with van der Waals surface area (Å²) in [6.07, 6.45) is 2.46. The number of hydrogen-bond acceptors (Lipinski definition) is 3. The van der Waals surface area contributed by atoms with E-state index in [0.717, 1.165) is 18.6 Å². The summed E-state index contributed by atoms with van der Waals surface area (Å²) in [5.74, 6) is 4.19. The summed E-state index contributed by atoms with van der Waals surface area (Å²) < 4.78 is 29.3. The van der Waals surface area contributed by atoms with Gasteiger partial charge >= 0.3 is 0 Å². The van der Waals surface area contributed by atoms with Gasteiger partial charge in [0.05, 0.1) is 16.8 Å². The number of hydrazine groups is 1. The van der Waals surface area contributed by atoms with Gasteiger partial charge in [0.2, 0.25) is 0 Å². The number of nitrogens with zero attached hydrogens (tertiary/aromatic N) is 2. The topological polar surface area (TPSA) is 55.9 Å². The first-order chi connectivity index (χ1) is 9.58. The lowest BCUT2D eigenvalue weighted by Gasteiger charge is -2.19. The van der Waals surface area contributed by atoms with Gasteiger partial charge in [0.1, 0.15) is 11.6 Å². The molecule has 0 aliphatic heterocycles. The molecule has 0 saturated carbocycles. The van der Waals surface area contributed by atoms with Crippen molar-refractivity contribution in [2.45, 2.75) is 25.9 Å². The predicted molar refractivity (Wildman–Crippen MR) is 73.1 cm³/mol. The molecule has 0 bridgehead atoms. The van der Waals surface area contributed by atoms with E-state index in [-0.39, 0.29) is 10.6 Å². The quantitative estimate of drug-likeness (QED) is 0.507. The second-order valence-electron chi connectivity index (χ2n) is 4.37. The first-order valence-corrected chi connectivity index (χ1v) is 6.58. The van der Waals surface area contributed by atoms with Crippen LogP contribution in [0.5, 0.6) is 0 Å². The van der Waals surface area contributed by atoms with Crippen molar-refractivity contribution >= 4 is 11.6 Å². The first kappa shape index (κ1) is 14.9. The summed E-state index contributed by atoms with van der Waals surface area (Å²) in [6, 6.07) is 3.00. The number of hydrogen-bond donors (Lipinski definition) is 2. The number of rotatable bonds is 5. The van der Waals surface area contributed by atoms with Gasteiger partial charge < -0.3 is 0 Å². The Labute approximate surface area is 120 Å². The fourth-order valence-corrected chi connectivity index (χ4v) is 2.23. The minimum atomic E-state index is -0.698. The molecule has 0 saturated heterocycles. The number of halogens is 3. The van der Waals surface area contributed by atoms with E-state index in [2.05, 4.69) is 10.5 Å². The van der Waals surface area contributed by atoms with E-state index in [1.807, 2.05) is 6.92 Å². The fraction of sp³-hybridized carbons (Fsp3) is 0.308. The third-order valence-electron chi connectivity index (χ3n) is 3.00. The standard InChI is InChI=1S/C13H15ClF2N4/c1-2-5-20-12(3-4-18-20)13(19-17)8-6-11(16)9(14)7-10(8)15/h3-4,6-7,13,19H,2,5,17H2,1H3. The van der Waals surface area contributed by atoms with Crippen molar-refractivity contribution in [3.8, 4) is 0 Å². The van der Waals surface area contributed by atoms with Crippen molar-refractivity contribution < 1.29 is 8.78 Å². The van der Waals surface area contributed by atoms with Gasteiger partial charge in [-0.25, -0.2) is 14.2 Å². The Kier molecular flexibility index (Phi) is 4.69. The summed E-state index contributed by atoms with van der Waals surface area (Å²) in [5, 5.41) is 3.89. The van der Waals surface area contributed by atoms with Crippen LogP contribution in [0.25, 0.3) is 0 Å². The molecule has 1 aromatic heterocycles. The van der Waals surface area contributed by atoms with E-state index in [9.17, 15) is 8.78 Å². The summed E-state index contributed by atoms with van der Waals surface area (Å²) >= 11 is 5.56. The smallest absolute Gasteiger partial charge is 0.142 e. The first-order valence-electron chi connectivity index (χ1n) is 6.20. The SMILES string of the molecule is CCCn1nccc1C(NN)c1cc(F)c(Cl)cc1F. The van der Waals surface area contributed by atoms with Gasteiger partial charge in [-0.1, -0.05) is 18.5 Å². The zero-order valence-electron chi connectivity index (χ0n) is 10.9. The molecule has 1 heterocycles. The highest BCUT2D eigenvalue weighted by Crippen LogP contribution is 2.27. The average Bonchev–Trinajstić information content (AvgIpc) is 2.85. The van der Waals surface area contributed by atoms with Crippen LogP contribution in [0.2, 0.25) is 5.02 Å². The summed E-state index contributed by atoms with van der Waals surface area (Å²) in [5.41, 5.74) is 3.25. The van der Waals surface area contributed by atoms with Crippen molar-refractivity contribution in [1.82, 2.24) is 15.2 Å². The second-order valence-corrected chi connectivity index (χ2v) is 4.77. The van der Waals surface area contributed by atoms with Gasteiger partial charge in [-0.15, -0.1) is 0 Å². The Hall–Kier alpha value is -1.50. The fourth-order valence-electron chi connectivity index (χ4n) is 2.08. The zero-order valence-corrected chi connectivity index (χ0v) is 11.7. The number of benzene rings is 1. The normalized spacial score (nSPS) is 12.7. The maximum absolute atomic E-state index is 14.0. The molecule has 0 aliphatic rings. The molecule has 0 aliphatic carbocycles. The van der Waals surface area contributed by atoms with Crippen molar-refractivity contribution in [2.24, 2.45) is 5.84 Å². The lowest BCUT2D eigenvalue weighted by atomic mass is 10.0. The minimum Gasteiger partial charge on any atom is -0.271 e. The molecule has 108 valence electrons. The third-order valence-corrected chi connectivity index (χ3v) is 3.29. The number of nitrogens with two attached hydrogens (primary N) is 1. The molecule has 7 heteroatoms. The summed E-state index contributed by atoms with van der Waals surface area (Å²) in [6.45, 7) is 2.66. The number of nitrogens with one attached hydrogen (secondary N) is 1. The molecule has 20 heavy (non-hydrogen) atoms. The van der Waals surface area contributed by atoms with E-state index < -0.39 is 17.7 Å². The Morgan fingerprint density at radius 1 is 1.40 bits per heavy atom. The van der Waals surface area contributed by atoms with E-state index in [4.69, 9.17) is 17.4 Å². The monoisotopic (exact) mass is 300 g/mol. The molecular weight excluding hydrogens is 286 g/mol. The van der Waals surface area contributed by atoms with Crippen LogP contribution in [0.15, 0.2) is 24.4 Å². The lowest BCUT2D eigenvalue weighted by molar-refractivity contribution is 0.497. The molecular formula is C13H15ClF2N4. The third kappa shape index (κ3) is 2.82. The van der Waals surface area contributed by atoms with Gasteiger partial charge in [-0.2, -0.15) is 5.10 Å². The molecule has 3 N–H and O–H groups in total. The van der Waals surface area contributed by atoms with Gasteiger partial charge in [0, 0.05) is 18.3 Å². The van der Waals surface area contributed by atoms with Crippen molar-refractivity contribution in [3.63, 3.8) is 0 Å². The van der Waals surface area contributed by atoms with E-state index in [1.165, 1.54) is 0 Å². The summed E-state index contributed by atoms with van der Waals surface area (Å²) in [7, 11) is 0. The van der Waals surface area contributed by atoms with Crippen LogP contribution >= 0.6 is 11.6 Å². The van der Waals surface area contributed by atoms with Gasteiger partial charge in [-0.3, -0.25) is 10.5 Å².